The minimum absolute atomic E-state index is 0.131. The van der Waals surface area contributed by atoms with Crippen LogP contribution in [0.4, 0.5) is 0 Å². The highest BCUT2D eigenvalue weighted by molar-refractivity contribution is 5.94. The van der Waals surface area contributed by atoms with Crippen molar-refractivity contribution in [1.82, 2.24) is 15.0 Å². The molecule has 2 aromatic rings. The molecule has 1 saturated heterocycles. The van der Waals surface area contributed by atoms with E-state index in [1.54, 1.807) is 0 Å². The van der Waals surface area contributed by atoms with Crippen molar-refractivity contribution < 1.29 is 14.1 Å². The van der Waals surface area contributed by atoms with Gasteiger partial charge in [0.1, 0.15) is 18.1 Å². The zero-order valence-corrected chi connectivity index (χ0v) is 15.5. The second kappa shape index (κ2) is 7.11. The summed E-state index contributed by atoms with van der Waals surface area (Å²) in [6, 6.07) is 5.84. The van der Waals surface area contributed by atoms with E-state index >= 15 is 0 Å². The summed E-state index contributed by atoms with van der Waals surface area (Å²) < 4.78 is 11.2. The van der Waals surface area contributed by atoms with E-state index in [9.17, 15) is 4.79 Å². The minimum Gasteiger partial charge on any atom is -0.492 e. The number of rotatable bonds is 3. The number of carbonyl (C=O) groups excluding carboxylic acids is 1. The number of amides is 1. The van der Waals surface area contributed by atoms with Gasteiger partial charge in [-0.25, -0.2) is 0 Å². The molecule has 26 heavy (non-hydrogen) atoms. The number of benzene rings is 1. The van der Waals surface area contributed by atoms with Gasteiger partial charge in [-0.2, -0.15) is 0 Å². The quantitative estimate of drug-likeness (QED) is 0.847. The van der Waals surface area contributed by atoms with Crippen molar-refractivity contribution >= 4 is 5.91 Å². The summed E-state index contributed by atoms with van der Waals surface area (Å²) in [6.45, 7) is 8.64. The van der Waals surface area contributed by atoms with Crippen LogP contribution >= 0.6 is 0 Å². The lowest BCUT2D eigenvalue weighted by molar-refractivity contribution is 0.0792. The van der Waals surface area contributed by atoms with E-state index in [1.807, 2.05) is 36.9 Å². The van der Waals surface area contributed by atoms with Crippen molar-refractivity contribution in [3.8, 4) is 5.75 Å². The summed E-state index contributed by atoms with van der Waals surface area (Å²) in [6.07, 6.45) is 2.20. The largest absolute Gasteiger partial charge is 0.492 e. The number of fused-ring (bicyclic) bond motifs is 1. The SMILES string of the molecule is Cc1noc(C)c1CN1CCOc2ccc(C(=O)N3CCCC3)cc2C1. The lowest BCUT2D eigenvalue weighted by Gasteiger charge is -2.20. The van der Waals surface area contributed by atoms with Gasteiger partial charge in [-0.05, 0) is 44.9 Å². The number of aryl methyl sites for hydroxylation is 2. The van der Waals surface area contributed by atoms with E-state index in [0.29, 0.717) is 6.61 Å². The number of ether oxygens (including phenoxy) is 1. The number of likely N-dealkylation sites (tertiary alicyclic amines) is 1. The van der Waals surface area contributed by atoms with Gasteiger partial charge >= 0.3 is 0 Å². The van der Waals surface area contributed by atoms with Crippen LogP contribution in [0.5, 0.6) is 5.75 Å². The number of nitrogens with zero attached hydrogens (tertiary/aromatic N) is 3. The van der Waals surface area contributed by atoms with Gasteiger partial charge < -0.3 is 14.2 Å². The molecule has 2 aliphatic rings. The smallest absolute Gasteiger partial charge is 0.253 e. The van der Waals surface area contributed by atoms with E-state index in [2.05, 4.69) is 10.1 Å². The summed E-state index contributed by atoms with van der Waals surface area (Å²) in [5, 5.41) is 4.05. The minimum atomic E-state index is 0.131. The van der Waals surface area contributed by atoms with Crippen molar-refractivity contribution in [3.63, 3.8) is 0 Å². The second-order valence-electron chi connectivity index (χ2n) is 7.18. The maximum absolute atomic E-state index is 12.7. The first kappa shape index (κ1) is 17.1. The molecule has 2 aliphatic heterocycles. The predicted molar refractivity (Wildman–Crippen MR) is 97.2 cm³/mol. The Morgan fingerprint density at radius 3 is 2.73 bits per heavy atom. The molecule has 0 radical (unpaired) electrons. The third-order valence-corrected chi connectivity index (χ3v) is 5.32. The first-order valence-corrected chi connectivity index (χ1v) is 9.31. The Balaban J connectivity index is 1.54. The van der Waals surface area contributed by atoms with Crippen LogP contribution in [-0.2, 0) is 13.1 Å². The molecule has 138 valence electrons. The fourth-order valence-electron chi connectivity index (χ4n) is 3.77. The van der Waals surface area contributed by atoms with Crippen molar-refractivity contribution in [2.45, 2.75) is 39.8 Å². The Kier molecular flexibility index (Phi) is 4.68. The van der Waals surface area contributed by atoms with Crippen molar-refractivity contribution in [2.24, 2.45) is 0 Å². The summed E-state index contributed by atoms with van der Waals surface area (Å²) >= 11 is 0. The molecule has 6 nitrogen and oxygen atoms in total. The monoisotopic (exact) mass is 355 g/mol. The van der Waals surface area contributed by atoms with Crippen LogP contribution in [0, 0.1) is 13.8 Å². The fourth-order valence-corrected chi connectivity index (χ4v) is 3.77. The van der Waals surface area contributed by atoms with E-state index in [0.717, 1.165) is 79.5 Å². The Morgan fingerprint density at radius 2 is 2.00 bits per heavy atom. The Labute approximate surface area is 153 Å². The third kappa shape index (κ3) is 3.33. The molecule has 4 rings (SSSR count). The van der Waals surface area contributed by atoms with E-state index in [1.165, 1.54) is 0 Å². The topological polar surface area (TPSA) is 58.8 Å². The van der Waals surface area contributed by atoms with E-state index in [4.69, 9.17) is 9.26 Å². The maximum Gasteiger partial charge on any atom is 0.253 e. The highest BCUT2D eigenvalue weighted by Gasteiger charge is 2.23. The van der Waals surface area contributed by atoms with Crippen molar-refractivity contribution in [1.29, 1.82) is 0 Å². The highest BCUT2D eigenvalue weighted by atomic mass is 16.5. The van der Waals surface area contributed by atoms with Crippen LogP contribution in [0.15, 0.2) is 22.7 Å². The zero-order valence-electron chi connectivity index (χ0n) is 15.5. The lowest BCUT2D eigenvalue weighted by Crippen LogP contribution is -2.28. The molecule has 0 N–H and O–H groups in total. The molecule has 1 amide bonds. The third-order valence-electron chi connectivity index (χ3n) is 5.32. The summed E-state index contributed by atoms with van der Waals surface area (Å²) in [5.41, 5.74) is 3.90. The van der Waals surface area contributed by atoms with Gasteiger partial charge in [0.05, 0.1) is 5.69 Å². The maximum atomic E-state index is 12.7. The van der Waals surface area contributed by atoms with Gasteiger partial charge in [0, 0.05) is 49.4 Å². The molecule has 1 aromatic heterocycles. The molecule has 0 saturated carbocycles. The van der Waals surface area contributed by atoms with Crippen LogP contribution in [0.2, 0.25) is 0 Å². The molecule has 1 fully saturated rings. The van der Waals surface area contributed by atoms with Crippen molar-refractivity contribution in [2.75, 3.05) is 26.2 Å². The van der Waals surface area contributed by atoms with Crippen LogP contribution < -0.4 is 4.74 Å². The summed E-state index contributed by atoms with van der Waals surface area (Å²) in [5.74, 6) is 1.88. The highest BCUT2D eigenvalue weighted by Crippen LogP contribution is 2.27. The molecular formula is C20H25N3O3. The van der Waals surface area contributed by atoms with Gasteiger partial charge in [0.2, 0.25) is 0 Å². The summed E-state index contributed by atoms with van der Waals surface area (Å²) in [4.78, 5) is 17.0. The number of hydrogen-bond acceptors (Lipinski definition) is 5. The molecular weight excluding hydrogens is 330 g/mol. The molecule has 1 aromatic carbocycles. The molecule has 0 atom stereocenters. The number of carbonyl (C=O) groups is 1. The number of aromatic nitrogens is 1. The van der Waals surface area contributed by atoms with Crippen LogP contribution in [0.1, 0.15) is 45.8 Å². The van der Waals surface area contributed by atoms with Gasteiger partial charge in [-0.1, -0.05) is 5.16 Å². The molecule has 0 bridgehead atoms. The van der Waals surface area contributed by atoms with E-state index in [-0.39, 0.29) is 5.91 Å². The van der Waals surface area contributed by atoms with E-state index < -0.39 is 0 Å². The molecule has 3 heterocycles. The zero-order chi connectivity index (χ0) is 18.1. The normalized spacial score (nSPS) is 17.7. The van der Waals surface area contributed by atoms with Crippen LogP contribution in [0.25, 0.3) is 0 Å². The first-order chi connectivity index (χ1) is 12.6. The van der Waals surface area contributed by atoms with Gasteiger partial charge in [0.25, 0.3) is 5.91 Å². The standard InChI is InChI=1S/C20H25N3O3/c1-14-18(15(2)26-21-14)13-22-9-10-25-19-6-5-16(11-17(19)12-22)20(24)23-7-3-4-8-23/h5-6,11H,3-4,7-10,12-13H2,1-2H3. The summed E-state index contributed by atoms with van der Waals surface area (Å²) in [7, 11) is 0. The number of hydrogen-bond donors (Lipinski definition) is 0. The second-order valence-corrected chi connectivity index (χ2v) is 7.18. The molecule has 0 aliphatic carbocycles. The average Bonchev–Trinajstić information content (AvgIpc) is 3.22. The first-order valence-electron chi connectivity index (χ1n) is 9.31. The fraction of sp³-hybridized carbons (Fsp3) is 0.500. The van der Waals surface area contributed by atoms with Gasteiger partial charge in [0.15, 0.2) is 0 Å². The van der Waals surface area contributed by atoms with Gasteiger partial charge in [-0.15, -0.1) is 0 Å². The lowest BCUT2D eigenvalue weighted by atomic mass is 10.1. The Morgan fingerprint density at radius 1 is 1.19 bits per heavy atom. The van der Waals surface area contributed by atoms with Crippen LogP contribution in [-0.4, -0.2) is 47.1 Å². The molecule has 6 heteroatoms. The Hall–Kier alpha value is -2.34. The predicted octanol–water partition coefficient (Wildman–Crippen LogP) is 2.92. The van der Waals surface area contributed by atoms with Gasteiger partial charge in [-0.3, -0.25) is 9.69 Å². The molecule has 0 unspecified atom stereocenters. The Bertz CT molecular complexity index is 789. The average molecular weight is 355 g/mol. The van der Waals surface area contributed by atoms with Crippen LogP contribution in [0.3, 0.4) is 0 Å². The molecule has 0 spiro atoms. The van der Waals surface area contributed by atoms with Crippen molar-refractivity contribution in [3.05, 3.63) is 46.3 Å².